The second-order valence-corrected chi connectivity index (χ2v) is 5.13. The SMILES string of the molecule is CC1(C)OCCC1C(=O)CC1CC1(F)F. The molecule has 2 unspecified atom stereocenters. The fourth-order valence-electron chi connectivity index (χ4n) is 2.31. The van der Waals surface area contributed by atoms with Crippen LogP contribution in [0.4, 0.5) is 8.78 Å². The molecule has 2 atom stereocenters. The minimum atomic E-state index is -2.58. The Morgan fingerprint density at radius 2 is 2.07 bits per heavy atom. The fraction of sp³-hybridized carbons (Fsp3) is 0.909. The van der Waals surface area contributed by atoms with E-state index < -0.39 is 17.4 Å². The highest BCUT2D eigenvalue weighted by molar-refractivity contribution is 5.83. The minimum absolute atomic E-state index is 0.0183. The monoisotopic (exact) mass is 218 g/mol. The van der Waals surface area contributed by atoms with Crippen molar-refractivity contribution >= 4 is 5.78 Å². The number of hydrogen-bond donors (Lipinski definition) is 0. The predicted octanol–water partition coefficient (Wildman–Crippen LogP) is 2.42. The summed E-state index contributed by atoms with van der Waals surface area (Å²) in [5, 5.41) is 0. The lowest BCUT2D eigenvalue weighted by molar-refractivity contribution is -0.128. The Morgan fingerprint density at radius 1 is 1.47 bits per heavy atom. The maximum absolute atomic E-state index is 12.7. The van der Waals surface area contributed by atoms with Crippen LogP contribution in [0.1, 0.15) is 33.1 Å². The molecule has 0 aromatic rings. The van der Waals surface area contributed by atoms with E-state index in [2.05, 4.69) is 0 Å². The molecule has 86 valence electrons. The van der Waals surface area contributed by atoms with Crippen LogP contribution in [0.15, 0.2) is 0 Å². The molecular weight excluding hydrogens is 202 g/mol. The number of hydrogen-bond acceptors (Lipinski definition) is 2. The van der Waals surface area contributed by atoms with Gasteiger partial charge >= 0.3 is 0 Å². The van der Waals surface area contributed by atoms with Crippen LogP contribution in [0.2, 0.25) is 0 Å². The highest BCUT2D eigenvalue weighted by Crippen LogP contribution is 2.51. The molecule has 1 saturated carbocycles. The molecule has 0 bridgehead atoms. The Kier molecular flexibility index (Phi) is 2.37. The van der Waals surface area contributed by atoms with Crippen LogP contribution >= 0.6 is 0 Å². The number of rotatable bonds is 3. The Balaban J connectivity index is 1.92. The first-order valence-electron chi connectivity index (χ1n) is 5.37. The molecule has 1 heterocycles. The fourth-order valence-corrected chi connectivity index (χ4v) is 2.31. The van der Waals surface area contributed by atoms with Gasteiger partial charge in [-0.1, -0.05) is 0 Å². The lowest BCUT2D eigenvalue weighted by atomic mass is 9.85. The first kappa shape index (κ1) is 11.0. The summed E-state index contributed by atoms with van der Waals surface area (Å²) in [7, 11) is 0. The number of Topliss-reactive ketones (excluding diaryl/α,β-unsaturated/α-hetero) is 1. The third kappa shape index (κ3) is 2.05. The smallest absolute Gasteiger partial charge is 0.252 e. The van der Waals surface area contributed by atoms with Gasteiger partial charge in [-0.3, -0.25) is 4.79 Å². The lowest BCUT2D eigenvalue weighted by Crippen LogP contribution is -2.33. The summed E-state index contributed by atoms with van der Waals surface area (Å²) in [6, 6.07) is 0. The first-order chi connectivity index (χ1) is 6.83. The molecule has 0 N–H and O–H groups in total. The van der Waals surface area contributed by atoms with Crippen molar-refractivity contribution in [3.05, 3.63) is 0 Å². The van der Waals surface area contributed by atoms with E-state index in [1.807, 2.05) is 13.8 Å². The number of carbonyl (C=O) groups is 1. The molecule has 15 heavy (non-hydrogen) atoms. The van der Waals surface area contributed by atoms with E-state index in [4.69, 9.17) is 4.74 Å². The summed E-state index contributed by atoms with van der Waals surface area (Å²) in [5.41, 5.74) is -0.471. The molecule has 0 aromatic carbocycles. The van der Waals surface area contributed by atoms with Crippen LogP contribution in [-0.2, 0) is 9.53 Å². The van der Waals surface area contributed by atoms with Crippen molar-refractivity contribution < 1.29 is 18.3 Å². The van der Waals surface area contributed by atoms with Crippen LogP contribution in [0.25, 0.3) is 0 Å². The Bertz CT molecular complexity index is 286. The van der Waals surface area contributed by atoms with Gasteiger partial charge in [-0.25, -0.2) is 8.78 Å². The normalized spacial score (nSPS) is 36.5. The van der Waals surface area contributed by atoms with Gasteiger partial charge in [0.15, 0.2) is 0 Å². The molecule has 0 amide bonds. The Hall–Kier alpha value is -0.510. The molecular formula is C11H16F2O2. The van der Waals surface area contributed by atoms with Crippen molar-refractivity contribution in [2.24, 2.45) is 11.8 Å². The number of carbonyl (C=O) groups excluding carboxylic acids is 1. The molecule has 0 radical (unpaired) electrons. The third-order valence-electron chi connectivity index (χ3n) is 3.51. The molecule has 2 fully saturated rings. The standard InChI is InChI=1S/C11H16F2O2/c1-10(2)8(3-4-15-10)9(14)5-7-6-11(7,12)13/h7-8H,3-6H2,1-2H3. The Labute approximate surface area is 88.0 Å². The molecule has 2 rings (SSSR count). The van der Waals surface area contributed by atoms with E-state index in [1.54, 1.807) is 0 Å². The van der Waals surface area contributed by atoms with Gasteiger partial charge in [0.2, 0.25) is 0 Å². The predicted molar refractivity (Wildman–Crippen MR) is 50.8 cm³/mol. The van der Waals surface area contributed by atoms with Crippen molar-refractivity contribution in [3.63, 3.8) is 0 Å². The molecule has 2 nitrogen and oxygen atoms in total. The van der Waals surface area contributed by atoms with Gasteiger partial charge in [-0.05, 0) is 20.3 Å². The van der Waals surface area contributed by atoms with Crippen molar-refractivity contribution in [1.29, 1.82) is 0 Å². The summed E-state index contributed by atoms with van der Waals surface area (Å²) >= 11 is 0. The van der Waals surface area contributed by atoms with Gasteiger partial charge in [-0.2, -0.15) is 0 Å². The first-order valence-corrected chi connectivity index (χ1v) is 5.37. The van der Waals surface area contributed by atoms with Crippen molar-refractivity contribution in [2.75, 3.05) is 6.61 Å². The van der Waals surface area contributed by atoms with Crippen LogP contribution in [0, 0.1) is 11.8 Å². The van der Waals surface area contributed by atoms with Gasteiger partial charge in [0.1, 0.15) is 5.78 Å². The molecule has 4 heteroatoms. The Morgan fingerprint density at radius 3 is 2.47 bits per heavy atom. The highest BCUT2D eigenvalue weighted by atomic mass is 19.3. The van der Waals surface area contributed by atoms with Crippen molar-refractivity contribution in [1.82, 2.24) is 0 Å². The second-order valence-electron chi connectivity index (χ2n) is 5.13. The van der Waals surface area contributed by atoms with E-state index in [1.165, 1.54) is 0 Å². The van der Waals surface area contributed by atoms with Crippen LogP contribution < -0.4 is 0 Å². The van der Waals surface area contributed by atoms with Crippen LogP contribution in [0.5, 0.6) is 0 Å². The highest BCUT2D eigenvalue weighted by Gasteiger charge is 2.58. The van der Waals surface area contributed by atoms with E-state index in [0.29, 0.717) is 13.0 Å². The van der Waals surface area contributed by atoms with E-state index in [9.17, 15) is 13.6 Å². The average Bonchev–Trinajstić information content (AvgIpc) is 2.54. The van der Waals surface area contributed by atoms with Gasteiger partial charge in [0.05, 0.1) is 5.60 Å². The molecule has 1 aliphatic carbocycles. The molecule has 2 aliphatic rings. The van der Waals surface area contributed by atoms with Gasteiger partial charge in [-0.15, -0.1) is 0 Å². The summed E-state index contributed by atoms with van der Waals surface area (Å²) < 4.78 is 30.7. The van der Waals surface area contributed by atoms with Crippen molar-refractivity contribution in [3.8, 4) is 0 Å². The summed E-state index contributed by atoms with van der Waals surface area (Å²) in [5.74, 6) is -3.55. The van der Waals surface area contributed by atoms with Gasteiger partial charge in [0, 0.05) is 31.3 Å². The average molecular weight is 218 g/mol. The molecule has 1 saturated heterocycles. The van der Waals surface area contributed by atoms with Gasteiger partial charge < -0.3 is 4.74 Å². The van der Waals surface area contributed by atoms with Crippen LogP contribution in [0.3, 0.4) is 0 Å². The second kappa shape index (κ2) is 3.24. The van der Waals surface area contributed by atoms with Crippen LogP contribution in [-0.4, -0.2) is 23.9 Å². The summed E-state index contributed by atoms with van der Waals surface area (Å²) in [4.78, 5) is 11.8. The van der Waals surface area contributed by atoms with Gasteiger partial charge in [0.25, 0.3) is 5.92 Å². The summed E-state index contributed by atoms with van der Waals surface area (Å²) in [6.45, 7) is 4.27. The van der Waals surface area contributed by atoms with E-state index in [-0.39, 0.29) is 24.5 Å². The number of alkyl halides is 2. The largest absolute Gasteiger partial charge is 0.375 e. The lowest BCUT2D eigenvalue weighted by Gasteiger charge is -2.24. The maximum atomic E-state index is 12.7. The molecule has 0 aromatic heterocycles. The van der Waals surface area contributed by atoms with E-state index in [0.717, 1.165) is 0 Å². The minimum Gasteiger partial charge on any atom is -0.375 e. The molecule has 1 aliphatic heterocycles. The zero-order valence-electron chi connectivity index (χ0n) is 9.06. The molecule has 0 spiro atoms. The van der Waals surface area contributed by atoms with Crippen molar-refractivity contribution in [2.45, 2.75) is 44.6 Å². The zero-order chi connectivity index (χ0) is 11.3. The third-order valence-corrected chi connectivity index (χ3v) is 3.51. The maximum Gasteiger partial charge on any atom is 0.252 e. The number of ketones is 1. The topological polar surface area (TPSA) is 26.3 Å². The number of halogens is 2. The van der Waals surface area contributed by atoms with E-state index >= 15 is 0 Å². The summed E-state index contributed by atoms with van der Waals surface area (Å²) in [6.07, 6.45) is 0.571. The quantitative estimate of drug-likeness (QED) is 0.727. The number of ether oxygens (including phenoxy) is 1. The zero-order valence-corrected chi connectivity index (χ0v) is 9.06.